The molecule has 7 heteroatoms. The summed E-state index contributed by atoms with van der Waals surface area (Å²) in [6.45, 7) is 1.71. The van der Waals surface area contributed by atoms with Gasteiger partial charge in [-0.15, -0.1) is 11.6 Å². The van der Waals surface area contributed by atoms with E-state index in [1.807, 2.05) is 0 Å². The minimum Gasteiger partial charge on any atom is -0.355 e. The van der Waals surface area contributed by atoms with Gasteiger partial charge in [-0.25, -0.2) is 8.42 Å². The lowest BCUT2D eigenvalue weighted by atomic mass is 10.1. The molecule has 0 aromatic heterocycles. The van der Waals surface area contributed by atoms with Crippen LogP contribution >= 0.6 is 11.6 Å². The molecule has 112 valence electrons. The summed E-state index contributed by atoms with van der Waals surface area (Å²) < 4.78 is 26.4. The lowest BCUT2D eigenvalue weighted by molar-refractivity contribution is 0.0962. The Morgan fingerprint density at radius 3 is 2.60 bits per heavy atom. The summed E-state index contributed by atoms with van der Waals surface area (Å²) in [6, 6.07) is 4.94. The number of amides is 1. The zero-order chi connectivity index (χ0) is 15.2. The molecule has 0 atom stereocenters. The van der Waals surface area contributed by atoms with Crippen molar-refractivity contribution >= 4 is 33.2 Å². The molecule has 0 saturated carbocycles. The zero-order valence-electron chi connectivity index (χ0n) is 11.6. The summed E-state index contributed by atoms with van der Waals surface area (Å²) >= 11 is 5.53. The van der Waals surface area contributed by atoms with Gasteiger partial charge in [-0.3, -0.25) is 9.52 Å². The molecule has 20 heavy (non-hydrogen) atoms. The van der Waals surface area contributed by atoms with Crippen LogP contribution in [-0.4, -0.2) is 33.0 Å². The SMILES string of the molecule is CNC(=O)c1cccc(NS(=O)(=O)CCCCCl)c1C. The van der Waals surface area contributed by atoms with Gasteiger partial charge >= 0.3 is 0 Å². The van der Waals surface area contributed by atoms with E-state index < -0.39 is 10.0 Å². The zero-order valence-corrected chi connectivity index (χ0v) is 13.1. The number of hydrogen-bond acceptors (Lipinski definition) is 3. The molecule has 0 unspecified atom stereocenters. The molecule has 0 aliphatic heterocycles. The lowest BCUT2D eigenvalue weighted by Crippen LogP contribution is -2.21. The Morgan fingerprint density at radius 2 is 2.00 bits per heavy atom. The Morgan fingerprint density at radius 1 is 1.30 bits per heavy atom. The van der Waals surface area contributed by atoms with E-state index in [0.717, 1.165) is 0 Å². The number of alkyl halides is 1. The first-order valence-electron chi connectivity index (χ1n) is 6.29. The molecule has 1 aromatic rings. The molecular weight excluding hydrogens is 300 g/mol. The van der Waals surface area contributed by atoms with Crippen molar-refractivity contribution in [1.29, 1.82) is 0 Å². The number of benzene rings is 1. The maximum atomic E-state index is 11.9. The van der Waals surface area contributed by atoms with E-state index in [9.17, 15) is 13.2 Å². The molecule has 0 spiro atoms. The van der Waals surface area contributed by atoms with Crippen LogP contribution in [0.4, 0.5) is 5.69 Å². The van der Waals surface area contributed by atoms with Crippen molar-refractivity contribution < 1.29 is 13.2 Å². The van der Waals surface area contributed by atoms with E-state index in [4.69, 9.17) is 11.6 Å². The summed E-state index contributed by atoms with van der Waals surface area (Å²) in [5.74, 6) is 0.218. The third-order valence-corrected chi connectivity index (χ3v) is 4.49. The Kier molecular flexibility index (Phi) is 6.29. The summed E-state index contributed by atoms with van der Waals surface area (Å²) in [7, 11) is -1.89. The largest absolute Gasteiger partial charge is 0.355 e. The molecule has 1 rings (SSSR count). The molecule has 1 aromatic carbocycles. The minimum absolute atomic E-state index is 0.0172. The number of halogens is 1. The average Bonchev–Trinajstić information content (AvgIpc) is 2.40. The van der Waals surface area contributed by atoms with Gasteiger partial charge < -0.3 is 5.32 Å². The molecule has 2 N–H and O–H groups in total. The van der Waals surface area contributed by atoms with Gasteiger partial charge in [-0.1, -0.05) is 6.07 Å². The number of rotatable bonds is 7. The summed E-state index contributed by atoms with van der Waals surface area (Å²) in [5.41, 5.74) is 1.48. The molecule has 0 aliphatic rings. The molecule has 0 saturated heterocycles. The first-order valence-corrected chi connectivity index (χ1v) is 8.48. The van der Waals surface area contributed by atoms with Crippen LogP contribution in [0, 0.1) is 6.92 Å². The molecule has 5 nitrogen and oxygen atoms in total. The average molecular weight is 319 g/mol. The standard InChI is InChI=1S/C13H19ClN2O3S/c1-10-11(13(17)15-2)6-5-7-12(10)16-20(18,19)9-4-3-8-14/h5-7,16H,3-4,8-9H2,1-2H3,(H,15,17). The smallest absolute Gasteiger partial charge is 0.251 e. The fraction of sp³-hybridized carbons (Fsp3) is 0.462. The minimum atomic E-state index is -3.42. The highest BCUT2D eigenvalue weighted by Crippen LogP contribution is 2.20. The second-order valence-electron chi connectivity index (χ2n) is 4.37. The Balaban J connectivity index is 2.90. The van der Waals surface area contributed by atoms with Crippen LogP contribution in [0.1, 0.15) is 28.8 Å². The van der Waals surface area contributed by atoms with Gasteiger partial charge in [-0.05, 0) is 37.5 Å². The predicted molar refractivity (Wildman–Crippen MR) is 81.9 cm³/mol. The third kappa shape index (κ3) is 4.68. The van der Waals surface area contributed by atoms with Crippen LogP contribution in [0.25, 0.3) is 0 Å². The predicted octanol–water partition coefficient (Wildman–Crippen LogP) is 2.12. The fourth-order valence-electron chi connectivity index (χ4n) is 1.73. The monoisotopic (exact) mass is 318 g/mol. The highest BCUT2D eigenvalue weighted by atomic mass is 35.5. The topological polar surface area (TPSA) is 75.3 Å². The van der Waals surface area contributed by atoms with Gasteiger partial charge in [0.25, 0.3) is 5.91 Å². The molecule has 0 radical (unpaired) electrons. The maximum absolute atomic E-state index is 11.9. The number of anilines is 1. The second-order valence-corrected chi connectivity index (χ2v) is 6.59. The van der Waals surface area contributed by atoms with E-state index in [1.54, 1.807) is 25.1 Å². The van der Waals surface area contributed by atoms with Crippen LogP contribution in [0.5, 0.6) is 0 Å². The Labute approximate surface area is 124 Å². The second kappa shape index (κ2) is 7.50. The van der Waals surface area contributed by atoms with Crippen molar-refractivity contribution in [2.75, 3.05) is 23.4 Å². The fourth-order valence-corrected chi connectivity index (χ4v) is 3.16. The van der Waals surface area contributed by atoms with E-state index >= 15 is 0 Å². The van der Waals surface area contributed by atoms with Crippen molar-refractivity contribution in [3.63, 3.8) is 0 Å². The highest BCUT2D eigenvalue weighted by molar-refractivity contribution is 7.92. The van der Waals surface area contributed by atoms with E-state index in [1.165, 1.54) is 7.05 Å². The van der Waals surface area contributed by atoms with Crippen molar-refractivity contribution in [3.8, 4) is 0 Å². The first kappa shape index (κ1) is 16.8. The molecule has 0 fully saturated rings. The number of sulfonamides is 1. The van der Waals surface area contributed by atoms with Gasteiger partial charge in [0.15, 0.2) is 0 Å². The molecular formula is C13H19ClN2O3S. The first-order chi connectivity index (χ1) is 9.41. The molecule has 0 heterocycles. The normalized spacial score (nSPS) is 11.2. The lowest BCUT2D eigenvalue weighted by Gasteiger charge is -2.13. The van der Waals surface area contributed by atoms with Crippen LogP contribution in [0.15, 0.2) is 18.2 Å². The van der Waals surface area contributed by atoms with Gasteiger partial charge in [0.05, 0.1) is 11.4 Å². The Bertz CT molecular complexity index is 573. The van der Waals surface area contributed by atoms with Gasteiger partial charge in [0.1, 0.15) is 0 Å². The summed E-state index contributed by atoms with van der Waals surface area (Å²) in [6.07, 6.45) is 1.16. The maximum Gasteiger partial charge on any atom is 0.251 e. The van der Waals surface area contributed by atoms with E-state index in [2.05, 4.69) is 10.0 Å². The van der Waals surface area contributed by atoms with Gasteiger partial charge in [-0.2, -0.15) is 0 Å². The van der Waals surface area contributed by atoms with Crippen molar-refractivity contribution in [3.05, 3.63) is 29.3 Å². The number of unbranched alkanes of at least 4 members (excludes halogenated alkanes) is 1. The summed E-state index contributed by atoms with van der Waals surface area (Å²) in [5, 5.41) is 2.52. The van der Waals surface area contributed by atoms with Crippen LogP contribution in [0.2, 0.25) is 0 Å². The Hall–Kier alpha value is -1.27. The van der Waals surface area contributed by atoms with E-state index in [-0.39, 0.29) is 11.7 Å². The van der Waals surface area contributed by atoms with Crippen molar-refractivity contribution in [2.24, 2.45) is 0 Å². The highest BCUT2D eigenvalue weighted by Gasteiger charge is 2.15. The number of nitrogens with one attached hydrogen (secondary N) is 2. The molecule has 0 bridgehead atoms. The molecule has 1 amide bonds. The number of hydrogen-bond donors (Lipinski definition) is 2. The number of carbonyl (C=O) groups excluding carboxylic acids is 1. The van der Waals surface area contributed by atoms with Crippen molar-refractivity contribution in [2.45, 2.75) is 19.8 Å². The third-order valence-electron chi connectivity index (χ3n) is 2.87. The van der Waals surface area contributed by atoms with E-state index in [0.29, 0.717) is 35.5 Å². The van der Waals surface area contributed by atoms with Crippen LogP contribution < -0.4 is 10.0 Å². The quantitative estimate of drug-likeness (QED) is 0.597. The van der Waals surface area contributed by atoms with Crippen molar-refractivity contribution in [1.82, 2.24) is 5.32 Å². The number of carbonyl (C=O) groups is 1. The summed E-state index contributed by atoms with van der Waals surface area (Å²) in [4.78, 5) is 11.7. The van der Waals surface area contributed by atoms with Crippen LogP contribution in [-0.2, 0) is 10.0 Å². The molecule has 0 aliphatic carbocycles. The van der Waals surface area contributed by atoms with Gasteiger partial charge in [0.2, 0.25) is 10.0 Å². The van der Waals surface area contributed by atoms with Gasteiger partial charge in [0, 0.05) is 18.5 Å². The van der Waals surface area contributed by atoms with Crippen LogP contribution in [0.3, 0.4) is 0 Å².